The maximum atomic E-state index is 13.2. The standard InChI is InChI=1S/C19H18F2N4O2/c20-17-6-4-14(10-18(17)21)5-7-19(26)24-15-2-1-3-16(11-15)27-9-8-25-13-22-12-23-25/h1-4,6,10-13H,5,7-9H2,(H,24,26). The van der Waals surface area contributed by atoms with Gasteiger partial charge < -0.3 is 10.1 Å². The smallest absolute Gasteiger partial charge is 0.224 e. The zero-order valence-electron chi connectivity index (χ0n) is 14.4. The largest absolute Gasteiger partial charge is 0.492 e. The minimum Gasteiger partial charge on any atom is -0.492 e. The van der Waals surface area contributed by atoms with Crippen LogP contribution in [0.2, 0.25) is 0 Å². The number of nitrogens with zero attached hydrogens (tertiary/aromatic N) is 3. The first-order chi connectivity index (χ1) is 13.1. The highest BCUT2D eigenvalue weighted by Gasteiger charge is 2.07. The number of anilines is 1. The molecule has 0 bridgehead atoms. The summed E-state index contributed by atoms with van der Waals surface area (Å²) in [6.45, 7) is 0.974. The molecule has 8 heteroatoms. The number of aromatic nitrogens is 3. The predicted octanol–water partition coefficient (Wildman–Crippen LogP) is 3.21. The van der Waals surface area contributed by atoms with Crippen LogP contribution in [0, 0.1) is 11.6 Å². The van der Waals surface area contributed by atoms with E-state index in [1.807, 2.05) is 0 Å². The molecule has 0 aliphatic carbocycles. The van der Waals surface area contributed by atoms with E-state index < -0.39 is 11.6 Å². The van der Waals surface area contributed by atoms with Gasteiger partial charge >= 0.3 is 0 Å². The Balaban J connectivity index is 1.47. The molecule has 0 saturated carbocycles. The molecule has 0 aliphatic heterocycles. The molecule has 1 aromatic heterocycles. The van der Waals surface area contributed by atoms with Crippen LogP contribution in [-0.2, 0) is 17.8 Å². The molecular weight excluding hydrogens is 354 g/mol. The van der Waals surface area contributed by atoms with E-state index in [2.05, 4.69) is 15.4 Å². The Bertz CT molecular complexity index is 900. The topological polar surface area (TPSA) is 69.0 Å². The van der Waals surface area contributed by atoms with Crippen molar-refractivity contribution in [3.05, 3.63) is 72.3 Å². The fraction of sp³-hybridized carbons (Fsp3) is 0.211. The molecule has 0 fully saturated rings. The van der Waals surface area contributed by atoms with Gasteiger partial charge in [0.2, 0.25) is 5.91 Å². The summed E-state index contributed by atoms with van der Waals surface area (Å²) in [4.78, 5) is 15.9. The van der Waals surface area contributed by atoms with E-state index in [-0.39, 0.29) is 12.3 Å². The number of rotatable bonds is 8. The number of nitrogens with one attached hydrogen (secondary N) is 1. The molecule has 0 spiro atoms. The monoisotopic (exact) mass is 372 g/mol. The third-order valence-electron chi connectivity index (χ3n) is 3.80. The summed E-state index contributed by atoms with van der Waals surface area (Å²) in [6.07, 6.45) is 3.53. The molecule has 0 aliphatic rings. The van der Waals surface area contributed by atoms with E-state index in [4.69, 9.17) is 4.74 Å². The zero-order chi connectivity index (χ0) is 19.1. The lowest BCUT2D eigenvalue weighted by molar-refractivity contribution is -0.116. The molecule has 0 saturated heterocycles. The van der Waals surface area contributed by atoms with Gasteiger partial charge in [-0.15, -0.1) is 0 Å². The van der Waals surface area contributed by atoms with Crippen molar-refractivity contribution >= 4 is 11.6 Å². The van der Waals surface area contributed by atoms with Crippen LogP contribution in [0.15, 0.2) is 55.1 Å². The van der Waals surface area contributed by atoms with Crippen molar-refractivity contribution in [2.24, 2.45) is 0 Å². The molecule has 140 valence electrons. The van der Waals surface area contributed by atoms with E-state index in [0.29, 0.717) is 36.6 Å². The number of halogens is 2. The molecule has 1 heterocycles. The Morgan fingerprint density at radius 2 is 2.04 bits per heavy atom. The van der Waals surface area contributed by atoms with Gasteiger partial charge in [-0.2, -0.15) is 5.10 Å². The first-order valence-corrected chi connectivity index (χ1v) is 8.39. The number of amides is 1. The van der Waals surface area contributed by atoms with Gasteiger partial charge in [-0.1, -0.05) is 12.1 Å². The van der Waals surface area contributed by atoms with Gasteiger partial charge in [0, 0.05) is 18.2 Å². The zero-order valence-corrected chi connectivity index (χ0v) is 14.4. The fourth-order valence-corrected chi connectivity index (χ4v) is 2.45. The fourth-order valence-electron chi connectivity index (χ4n) is 2.45. The van der Waals surface area contributed by atoms with E-state index in [0.717, 1.165) is 12.1 Å². The molecule has 27 heavy (non-hydrogen) atoms. The van der Waals surface area contributed by atoms with Crippen LogP contribution < -0.4 is 10.1 Å². The van der Waals surface area contributed by atoms with E-state index in [1.54, 1.807) is 35.3 Å². The maximum absolute atomic E-state index is 13.2. The average Bonchev–Trinajstić information content (AvgIpc) is 3.16. The van der Waals surface area contributed by atoms with Crippen LogP contribution in [0.3, 0.4) is 0 Å². The summed E-state index contributed by atoms with van der Waals surface area (Å²) in [6, 6.07) is 10.7. The SMILES string of the molecule is O=C(CCc1ccc(F)c(F)c1)Nc1cccc(OCCn2cncn2)c1. The number of ether oxygens (including phenoxy) is 1. The van der Waals surface area contributed by atoms with Crippen molar-refractivity contribution in [3.8, 4) is 5.75 Å². The lowest BCUT2D eigenvalue weighted by atomic mass is 10.1. The molecule has 2 aromatic carbocycles. The van der Waals surface area contributed by atoms with Crippen LogP contribution in [0.1, 0.15) is 12.0 Å². The summed E-state index contributed by atoms with van der Waals surface area (Å²) < 4.78 is 33.4. The summed E-state index contributed by atoms with van der Waals surface area (Å²) in [5.41, 5.74) is 1.16. The second kappa shape index (κ2) is 8.88. The predicted molar refractivity (Wildman–Crippen MR) is 95.3 cm³/mol. The molecule has 1 amide bonds. The average molecular weight is 372 g/mol. The van der Waals surface area contributed by atoms with Crippen LogP contribution in [-0.4, -0.2) is 27.3 Å². The van der Waals surface area contributed by atoms with Crippen LogP contribution >= 0.6 is 0 Å². The van der Waals surface area contributed by atoms with Gasteiger partial charge in [0.1, 0.15) is 25.0 Å². The van der Waals surface area contributed by atoms with Gasteiger partial charge in [0.15, 0.2) is 11.6 Å². The summed E-state index contributed by atoms with van der Waals surface area (Å²) >= 11 is 0. The van der Waals surface area contributed by atoms with Crippen molar-refractivity contribution in [3.63, 3.8) is 0 Å². The number of carbonyl (C=O) groups is 1. The molecule has 0 radical (unpaired) electrons. The summed E-state index contributed by atoms with van der Waals surface area (Å²) in [5.74, 6) is -1.42. The number of carbonyl (C=O) groups excluding carboxylic acids is 1. The van der Waals surface area contributed by atoms with Crippen molar-refractivity contribution in [1.82, 2.24) is 14.8 Å². The minimum absolute atomic E-state index is 0.155. The van der Waals surface area contributed by atoms with Gasteiger partial charge in [0.05, 0.1) is 6.54 Å². The second-order valence-electron chi connectivity index (χ2n) is 5.83. The first-order valence-electron chi connectivity index (χ1n) is 8.39. The Labute approximate surface area is 154 Å². The Hall–Kier alpha value is -3.29. The molecule has 6 nitrogen and oxygen atoms in total. The van der Waals surface area contributed by atoms with Gasteiger partial charge in [-0.25, -0.2) is 18.4 Å². The van der Waals surface area contributed by atoms with Gasteiger partial charge in [-0.05, 0) is 36.2 Å². The number of aryl methyl sites for hydroxylation is 1. The van der Waals surface area contributed by atoms with Crippen molar-refractivity contribution < 1.29 is 18.3 Å². The van der Waals surface area contributed by atoms with E-state index >= 15 is 0 Å². The molecular formula is C19H18F2N4O2. The number of benzene rings is 2. The van der Waals surface area contributed by atoms with Gasteiger partial charge in [-0.3, -0.25) is 4.79 Å². The van der Waals surface area contributed by atoms with Crippen LogP contribution in [0.4, 0.5) is 14.5 Å². The quantitative estimate of drug-likeness (QED) is 0.659. The first kappa shape index (κ1) is 18.5. The van der Waals surface area contributed by atoms with Crippen molar-refractivity contribution in [2.45, 2.75) is 19.4 Å². The highest BCUT2D eigenvalue weighted by Crippen LogP contribution is 2.18. The number of hydrogen-bond acceptors (Lipinski definition) is 4. The summed E-state index contributed by atoms with van der Waals surface area (Å²) in [7, 11) is 0. The Kier molecular flexibility index (Phi) is 6.09. The third kappa shape index (κ3) is 5.60. The van der Waals surface area contributed by atoms with E-state index in [1.165, 1.54) is 12.4 Å². The maximum Gasteiger partial charge on any atom is 0.224 e. The molecule has 1 N–H and O–H groups in total. The highest BCUT2D eigenvalue weighted by atomic mass is 19.2. The molecule has 3 rings (SSSR count). The van der Waals surface area contributed by atoms with Crippen LogP contribution in [0.25, 0.3) is 0 Å². The minimum atomic E-state index is -0.913. The molecule has 0 atom stereocenters. The summed E-state index contributed by atoms with van der Waals surface area (Å²) in [5, 5.41) is 6.75. The third-order valence-corrected chi connectivity index (χ3v) is 3.80. The molecule has 0 unspecified atom stereocenters. The van der Waals surface area contributed by atoms with Crippen molar-refractivity contribution in [2.75, 3.05) is 11.9 Å². The van der Waals surface area contributed by atoms with Crippen LogP contribution in [0.5, 0.6) is 5.75 Å². The lowest BCUT2D eigenvalue weighted by Crippen LogP contribution is -2.13. The molecule has 3 aromatic rings. The normalized spacial score (nSPS) is 10.6. The Morgan fingerprint density at radius 3 is 2.81 bits per heavy atom. The number of hydrogen-bond donors (Lipinski definition) is 1. The second-order valence-corrected chi connectivity index (χ2v) is 5.83. The Morgan fingerprint density at radius 1 is 1.15 bits per heavy atom. The lowest BCUT2D eigenvalue weighted by Gasteiger charge is -2.09. The highest BCUT2D eigenvalue weighted by molar-refractivity contribution is 5.91. The van der Waals surface area contributed by atoms with Gasteiger partial charge in [0.25, 0.3) is 0 Å². The van der Waals surface area contributed by atoms with E-state index in [9.17, 15) is 13.6 Å². The van der Waals surface area contributed by atoms with Crippen molar-refractivity contribution in [1.29, 1.82) is 0 Å².